The van der Waals surface area contributed by atoms with Crippen LogP contribution in [-0.2, 0) is 4.74 Å². The summed E-state index contributed by atoms with van der Waals surface area (Å²) in [6.07, 6.45) is 5.99. The standard InChI is InChI=1S/C13H24N2O2/c1-3-4-10-7-11(14-13(16)17-2)9-15(8-10)12-5-6-12/h10-12H,3-9H2,1-2H3,(H,14,16). The van der Waals surface area contributed by atoms with Crippen molar-refractivity contribution in [3.8, 4) is 0 Å². The quantitative estimate of drug-likeness (QED) is 0.817. The lowest BCUT2D eigenvalue weighted by atomic mass is 9.90. The van der Waals surface area contributed by atoms with E-state index in [1.54, 1.807) is 0 Å². The van der Waals surface area contributed by atoms with Gasteiger partial charge in [0.05, 0.1) is 7.11 Å². The van der Waals surface area contributed by atoms with Crippen LogP contribution >= 0.6 is 0 Å². The van der Waals surface area contributed by atoms with Gasteiger partial charge in [-0.3, -0.25) is 4.90 Å². The topological polar surface area (TPSA) is 41.6 Å². The lowest BCUT2D eigenvalue weighted by Gasteiger charge is -2.38. The Labute approximate surface area is 104 Å². The van der Waals surface area contributed by atoms with Gasteiger partial charge in [-0.2, -0.15) is 0 Å². The maximum atomic E-state index is 11.3. The van der Waals surface area contributed by atoms with Crippen molar-refractivity contribution >= 4 is 6.09 Å². The lowest BCUT2D eigenvalue weighted by Crippen LogP contribution is -2.51. The fourth-order valence-electron chi connectivity index (χ4n) is 2.93. The fourth-order valence-corrected chi connectivity index (χ4v) is 2.93. The average Bonchev–Trinajstić information content (AvgIpc) is 3.12. The van der Waals surface area contributed by atoms with Crippen LogP contribution in [0, 0.1) is 5.92 Å². The van der Waals surface area contributed by atoms with Crippen LogP contribution < -0.4 is 5.32 Å². The molecule has 1 aliphatic carbocycles. The highest BCUT2D eigenvalue weighted by atomic mass is 16.5. The van der Waals surface area contributed by atoms with E-state index in [0.29, 0.717) is 0 Å². The second kappa shape index (κ2) is 5.71. The van der Waals surface area contributed by atoms with Crippen molar-refractivity contribution in [1.82, 2.24) is 10.2 Å². The summed E-state index contributed by atoms with van der Waals surface area (Å²) in [4.78, 5) is 13.8. The Morgan fingerprint density at radius 1 is 1.41 bits per heavy atom. The molecule has 0 aromatic carbocycles. The number of carbonyl (C=O) groups is 1. The summed E-state index contributed by atoms with van der Waals surface area (Å²) in [5.74, 6) is 0.733. The van der Waals surface area contributed by atoms with Gasteiger partial charge >= 0.3 is 6.09 Å². The van der Waals surface area contributed by atoms with Gasteiger partial charge in [0.2, 0.25) is 0 Å². The molecule has 2 atom stereocenters. The first-order valence-electron chi connectivity index (χ1n) is 6.81. The zero-order valence-electron chi connectivity index (χ0n) is 10.9. The SMILES string of the molecule is CCCC1CC(NC(=O)OC)CN(C2CC2)C1. The van der Waals surface area contributed by atoms with Gasteiger partial charge < -0.3 is 10.1 Å². The Morgan fingerprint density at radius 2 is 2.18 bits per heavy atom. The minimum absolute atomic E-state index is 0.272. The van der Waals surface area contributed by atoms with Gasteiger partial charge in [-0.1, -0.05) is 13.3 Å². The summed E-state index contributed by atoms with van der Waals surface area (Å²) in [6, 6.07) is 1.06. The third-order valence-corrected chi connectivity index (χ3v) is 3.83. The van der Waals surface area contributed by atoms with E-state index >= 15 is 0 Å². The molecule has 1 heterocycles. The molecule has 4 heteroatoms. The van der Waals surface area contributed by atoms with Crippen LogP contribution in [0.1, 0.15) is 39.0 Å². The van der Waals surface area contributed by atoms with E-state index in [-0.39, 0.29) is 12.1 Å². The number of piperidine rings is 1. The third-order valence-electron chi connectivity index (χ3n) is 3.83. The van der Waals surface area contributed by atoms with Crippen LogP contribution in [0.2, 0.25) is 0 Å². The van der Waals surface area contributed by atoms with Crippen LogP contribution in [0.3, 0.4) is 0 Å². The molecule has 98 valence electrons. The van der Waals surface area contributed by atoms with E-state index in [1.165, 1.54) is 39.3 Å². The number of amides is 1. The first-order chi connectivity index (χ1) is 8.22. The van der Waals surface area contributed by atoms with Crippen molar-refractivity contribution in [2.45, 2.75) is 51.1 Å². The van der Waals surface area contributed by atoms with Crippen LogP contribution in [-0.4, -0.2) is 43.3 Å². The van der Waals surface area contributed by atoms with Gasteiger partial charge in [-0.05, 0) is 31.6 Å². The minimum atomic E-state index is -0.289. The first-order valence-corrected chi connectivity index (χ1v) is 6.81. The molecule has 2 aliphatic rings. The molecule has 17 heavy (non-hydrogen) atoms. The van der Waals surface area contributed by atoms with Gasteiger partial charge in [0.25, 0.3) is 0 Å². The Bertz CT molecular complexity index is 266. The summed E-state index contributed by atoms with van der Waals surface area (Å²) in [5, 5.41) is 2.97. The molecule has 0 bridgehead atoms. The maximum Gasteiger partial charge on any atom is 0.407 e. The summed E-state index contributed by atoms with van der Waals surface area (Å²) in [5.41, 5.74) is 0. The van der Waals surface area contributed by atoms with Crippen LogP contribution in [0.5, 0.6) is 0 Å². The van der Waals surface area contributed by atoms with Crippen molar-refractivity contribution < 1.29 is 9.53 Å². The molecule has 0 radical (unpaired) electrons. The Kier molecular flexibility index (Phi) is 4.26. The molecule has 2 unspecified atom stereocenters. The number of nitrogens with one attached hydrogen (secondary N) is 1. The molecule has 1 N–H and O–H groups in total. The van der Waals surface area contributed by atoms with Crippen molar-refractivity contribution in [1.29, 1.82) is 0 Å². The molecule has 2 rings (SSSR count). The fraction of sp³-hybridized carbons (Fsp3) is 0.923. The van der Waals surface area contributed by atoms with Crippen LogP contribution in [0.15, 0.2) is 0 Å². The van der Waals surface area contributed by atoms with E-state index in [1.807, 2.05) is 0 Å². The number of hydrogen-bond donors (Lipinski definition) is 1. The van der Waals surface area contributed by atoms with E-state index in [9.17, 15) is 4.79 Å². The molecule has 2 fully saturated rings. The molecule has 0 spiro atoms. The number of carbonyl (C=O) groups excluding carboxylic acids is 1. The normalized spacial score (nSPS) is 30.0. The predicted octanol–water partition coefficient (Wildman–Crippen LogP) is 2.00. The Balaban J connectivity index is 1.88. The predicted molar refractivity (Wildman–Crippen MR) is 66.9 cm³/mol. The third kappa shape index (κ3) is 3.60. The van der Waals surface area contributed by atoms with Gasteiger partial charge in [0.15, 0.2) is 0 Å². The molecule has 4 nitrogen and oxygen atoms in total. The van der Waals surface area contributed by atoms with Crippen LogP contribution in [0.25, 0.3) is 0 Å². The minimum Gasteiger partial charge on any atom is -0.453 e. The van der Waals surface area contributed by atoms with Gasteiger partial charge in [0.1, 0.15) is 0 Å². The lowest BCUT2D eigenvalue weighted by molar-refractivity contribution is 0.116. The van der Waals surface area contributed by atoms with Crippen molar-refractivity contribution in [2.75, 3.05) is 20.2 Å². The van der Waals surface area contributed by atoms with Crippen LogP contribution in [0.4, 0.5) is 4.79 Å². The first kappa shape index (κ1) is 12.7. The van der Waals surface area contributed by atoms with Gasteiger partial charge in [0, 0.05) is 25.2 Å². The highest BCUT2D eigenvalue weighted by molar-refractivity contribution is 5.67. The van der Waals surface area contributed by atoms with E-state index < -0.39 is 0 Å². The smallest absolute Gasteiger partial charge is 0.407 e. The molecule has 1 saturated carbocycles. The second-order valence-corrected chi connectivity index (χ2v) is 5.41. The molecule has 0 aromatic rings. The molecule has 1 amide bonds. The van der Waals surface area contributed by atoms with Crippen molar-refractivity contribution in [3.05, 3.63) is 0 Å². The molecule has 1 aliphatic heterocycles. The number of rotatable bonds is 4. The Morgan fingerprint density at radius 3 is 2.76 bits per heavy atom. The zero-order valence-corrected chi connectivity index (χ0v) is 10.9. The Hall–Kier alpha value is -0.770. The van der Waals surface area contributed by atoms with E-state index in [0.717, 1.165) is 24.9 Å². The van der Waals surface area contributed by atoms with Gasteiger partial charge in [-0.15, -0.1) is 0 Å². The molecular formula is C13H24N2O2. The number of ether oxygens (including phenoxy) is 1. The largest absolute Gasteiger partial charge is 0.453 e. The molecular weight excluding hydrogens is 216 g/mol. The monoisotopic (exact) mass is 240 g/mol. The van der Waals surface area contributed by atoms with Gasteiger partial charge in [-0.25, -0.2) is 4.79 Å². The number of nitrogens with zero attached hydrogens (tertiary/aromatic N) is 1. The van der Waals surface area contributed by atoms with E-state index in [4.69, 9.17) is 4.74 Å². The highest BCUT2D eigenvalue weighted by Crippen LogP contribution is 2.32. The molecule has 1 saturated heterocycles. The van der Waals surface area contributed by atoms with E-state index in [2.05, 4.69) is 17.1 Å². The number of alkyl carbamates (subject to hydrolysis) is 1. The summed E-state index contributed by atoms with van der Waals surface area (Å²) in [7, 11) is 1.43. The number of likely N-dealkylation sites (tertiary alicyclic amines) is 1. The number of hydrogen-bond acceptors (Lipinski definition) is 3. The second-order valence-electron chi connectivity index (χ2n) is 5.41. The maximum absolute atomic E-state index is 11.3. The summed E-state index contributed by atoms with van der Waals surface area (Å²) < 4.78 is 4.69. The highest BCUT2D eigenvalue weighted by Gasteiger charge is 2.36. The molecule has 0 aromatic heterocycles. The zero-order chi connectivity index (χ0) is 12.3. The average molecular weight is 240 g/mol. The van der Waals surface area contributed by atoms with Crippen molar-refractivity contribution in [2.24, 2.45) is 5.92 Å². The number of methoxy groups -OCH3 is 1. The van der Waals surface area contributed by atoms with Crippen molar-refractivity contribution in [3.63, 3.8) is 0 Å². The summed E-state index contributed by atoms with van der Waals surface area (Å²) >= 11 is 0. The summed E-state index contributed by atoms with van der Waals surface area (Å²) in [6.45, 7) is 4.46.